The van der Waals surface area contributed by atoms with Crippen LogP contribution in [-0.2, 0) is 6.54 Å². The third-order valence-electron chi connectivity index (χ3n) is 2.37. The van der Waals surface area contributed by atoms with Gasteiger partial charge in [0.1, 0.15) is 12.4 Å². The fourth-order valence-electron chi connectivity index (χ4n) is 1.32. The second-order valence-electron chi connectivity index (χ2n) is 3.90. The number of guanidine groups is 1. The van der Waals surface area contributed by atoms with E-state index in [9.17, 15) is 10.1 Å². The van der Waals surface area contributed by atoms with E-state index in [0.717, 1.165) is 12.8 Å². The lowest BCUT2D eigenvalue weighted by atomic mass is 10.6. The maximum absolute atomic E-state index is 10.4. The molecular formula is C9H15IN6O2. The monoisotopic (exact) mass is 366 g/mol. The molecule has 0 amide bonds. The summed E-state index contributed by atoms with van der Waals surface area (Å²) in [6.07, 6.45) is 4.87. The van der Waals surface area contributed by atoms with Crippen molar-refractivity contribution in [1.82, 2.24) is 15.1 Å². The molecule has 9 heteroatoms. The van der Waals surface area contributed by atoms with Crippen molar-refractivity contribution in [3.8, 4) is 0 Å². The number of nitrogens with two attached hydrogens (primary N) is 1. The molecule has 0 saturated heterocycles. The Hall–Kier alpha value is -1.39. The quantitative estimate of drug-likeness (QED) is 0.259. The molecule has 1 aromatic heterocycles. The van der Waals surface area contributed by atoms with E-state index in [-0.39, 0.29) is 29.7 Å². The molecule has 0 aliphatic heterocycles. The molecule has 8 nitrogen and oxygen atoms in total. The summed E-state index contributed by atoms with van der Waals surface area (Å²) >= 11 is 0. The van der Waals surface area contributed by atoms with Crippen LogP contribution in [0.3, 0.4) is 0 Å². The van der Waals surface area contributed by atoms with Crippen molar-refractivity contribution in [2.45, 2.75) is 25.4 Å². The van der Waals surface area contributed by atoms with Crippen LogP contribution in [0.1, 0.15) is 12.8 Å². The number of hydrogen-bond donors (Lipinski definition) is 2. The van der Waals surface area contributed by atoms with Crippen LogP contribution in [0.15, 0.2) is 17.4 Å². The summed E-state index contributed by atoms with van der Waals surface area (Å²) in [4.78, 5) is 14.0. The van der Waals surface area contributed by atoms with Crippen molar-refractivity contribution in [3.63, 3.8) is 0 Å². The molecule has 0 atom stereocenters. The Balaban J connectivity index is 0.00000162. The zero-order valence-electron chi connectivity index (χ0n) is 9.65. The highest BCUT2D eigenvalue weighted by Gasteiger charge is 2.21. The average Bonchev–Trinajstić information content (AvgIpc) is 2.94. The number of nitrogens with one attached hydrogen (secondary N) is 1. The Morgan fingerprint density at radius 3 is 3.00 bits per heavy atom. The third-order valence-corrected chi connectivity index (χ3v) is 2.37. The van der Waals surface area contributed by atoms with Gasteiger partial charge >= 0.3 is 5.69 Å². The summed E-state index contributed by atoms with van der Waals surface area (Å²) in [6.45, 7) is 0.922. The second kappa shape index (κ2) is 6.52. The third kappa shape index (κ3) is 4.47. The molecule has 18 heavy (non-hydrogen) atoms. The highest BCUT2D eigenvalue weighted by Crippen LogP contribution is 2.17. The predicted molar refractivity (Wildman–Crippen MR) is 76.9 cm³/mol. The van der Waals surface area contributed by atoms with Crippen LogP contribution in [0, 0.1) is 10.1 Å². The summed E-state index contributed by atoms with van der Waals surface area (Å²) < 4.78 is 1.48. The second-order valence-corrected chi connectivity index (χ2v) is 3.90. The molecule has 0 aromatic carbocycles. The number of nitrogens with zero attached hydrogens (tertiary/aromatic N) is 4. The SMILES string of the molecule is I.NC(=NCCn1cc([N+](=O)[O-])cn1)NC1CC1. The van der Waals surface area contributed by atoms with Gasteiger partial charge in [-0.1, -0.05) is 0 Å². The number of halogens is 1. The topological polar surface area (TPSA) is 111 Å². The molecule has 0 spiro atoms. The molecule has 1 aliphatic carbocycles. The summed E-state index contributed by atoms with van der Waals surface area (Å²) in [5.41, 5.74) is 5.62. The fourth-order valence-corrected chi connectivity index (χ4v) is 1.32. The van der Waals surface area contributed by atoms with E-state index in [2.05, 4.69) is 15.4 Å². The fraction of sp³-hybridized carbons (Fsp3) is 0.556. The Bertz CT molecular complexity index is 442. The first-order chi connectivity index (χ1) is 8.15. The molecule has 2 rings (SSSR count). The van der Waals surface area contributed by atoms with Crippen molar-refractivity contribution in [2.75, 3.05) is 6.54 Å². The highest BCUT2D eigenvalue weighted by atomic mass is 127. The van der Waals surface area contributed by atoms with Crippen molar-refractivity contribution >= 4 is 35.6 Å². The van der Waals surface area contributed by atoms with E-state index in [0.29, 0.717) is 25.1 Å². The summed E-state index contributed by atoms with van der Waals surface area (Å²) in [5, 5.41) is 17.3. The molecule has 1 saturated carbocycles. The number of rotatable bonds is 5. The van der Waals surface area contributed by atoms with Gasteiger partial charge in [-0.05, 0) is 12.8 Å². The first-order valence-electron chi connectivity index (χ1n) is 5.38. The van der Waals surface area contributed by atoms with Gasteiger partial charge in [-0.25, -0.2) is 0 Å². The Morgan fingerprint density at radius 2 is 2.44 bits per heavy atom. The minimum absolute atomic E-state index is 0. The highest BCUT2D eigenvalue weighted by molar-refractivity contribution is 14.0. The molecule has 1 aromatic rings. The largest absolute Gasteiger partial charge is 0.370 e. The van der Waals surface area contributed by atoms with Crippen molar-refractivity contribution in [3.05, 3.63) is 22.5 Å². The van der Waals surface area contributed by atoms with Crippen LogP contribution in [-0.4, -0.2) is 33.2 Å². The van der Waals surface area contributed by atoms with Crippen molar-refractivity contribution in [1.29, 1.82) is 0 Å². The Kier molecular flexibility index (Phi) is 5.31. The van der Waals surface area contributed by atoms with Crippen LogP contribution in [0.5, 0.6) is 0 Å². The van der Waals surface area contributed by atoms with E-state index in [1.807, 2.05) is 0 Å². The van der Waals surface area contributed by atoms with Gasteiger partial charge in [0.05, 0.1) is 18.0 Å². The Morgan fingerprint density at radius 1 is 1.72 bits per heavy atom. The van der Waals surface area contributed by atoms with Crippen molar-refractivity contribution in [2.24, 2.45) is 10.7 Å². The van der Waals surface area contributed by atoms with Gasteiger partial charge in [0.25, 0.3) is 0 Å². The average molecular weight is 366 g/mol. The van der Waals surface area contributed by atoms with Gasteiger partial charge < -0.3 is 11.1 Å². The zero-order chi connectivity index (χ0) is 12.3. The van der Waals surface area contributed by atoms with Crippen LogP contribution in [0.4, 0.5) is 5.69 Å². The normalized spacial score (nSPS) is 15.0. The molecule has 1 fully saturated rings. The van der Waals surface area contributed by atoms with Gasteiger partial charge in [0, 0.05) is 6.04 Å². The number of aromatic nitrogens is 2. The lowest BCUT2D eigenvalue weighted by Crippen LogP contribution is -2.33. The van der Waals surface area contributed by atoms with E-state index in [1.54, 1.807) is 0 Å². The van der Waals surface area contributed by atoms with Crippen LogP contribution in [0.2, 0.25) is 0 Å². The molecular weight excluding hydrogens is 351 g/mol. The maximum Gasteiger partial charge on any atom is 0.306 e. The molecule has 1 heterocycles. The van der Waals surface area contributed by atoms with E-state index >= 15 is 0 Å². The maximum atomic E-state index is 10.4. The van der Waals surface area contributed by atoms with Gasteiger partial charge in [0.15, 0.2) is 5.96 Å². The lowest BCUT2D eigenvalue weighted by molar-refractivity contribution is -0.385. The van der Waals surface area contributed by atoms with Gasteiger partial charge in [-0.15, -0.1) is 24.0 Å². The van der Waals surface area contributed by atoms with Gasteiger partial charge in [-0.2, -0.15) is 5.10 Å². The summed E-state index contributed by atoms with van der Waals surface area (Å²) in [5.74, 6) is 0.425. The van der Waals surface area contributed by atoms with Crippen LogP contribution in [0.25, 0.3) is 0 Å². The van der Waals surface area contributed by atoms with Crippen LogP contribution >= 0.6 is 24.0 Å². The molecule has 0 unspecified atom stereocenters. The summed E-state index contributed by atoms with van der Waals surface area (Å²) in [6, 6.07) is 0.476. The minimum atomic E-state index is -0.476. The van der Waals surface area contributed by atoms with E-state index < -0.39 is 4.92 Å². The standard InChI is InChI=1S/C9H14N6O2.HI/c10-9(13-7-1-2-7)11-3-4-14-6-8(5-12-14)15(16)17;/h5-7H,1-4H2,(H3,10,11,13);1H. The summed E-state index contributed by atoms with van der Waals surface area (Å²) in [7, 11) is 0. The van der Waals surface area contributed by atoms with E-state index in [1.165, 1.54) is 17.1 Å². The smallest absolute Gasteiger partial charge is 0.306 e. The first-order valence-corrected chi connectivity index (χ1v) is 5.38. The number of hydrogen-bond acceptors (Lipinski definition) is 4. The predicted octanol–water partition coefficient (Wildman–Crippen LogP) is 0.476. The number of nitro groups is 1. The molecule has 100 valence electrons. The van der Waals surface area contributed by atoms with E-state index in [4.69, 9.17) is 5.73 Å². The molecule has 0 bridgehead atoms. The van der Waals surface area contributed by atoms with Gasteiger partial charge in [0.2, 0.25) is 0 Å². The Labute approximate surface area is 121 Å². The van der Waals surface area contributed by atoms with Crippen molar-refractivity contribution < 1.29 is 4.92 Å². The molecule has 3 N–H and O–H groups in total. The van der Waals surface area contributed by atoms with Gasteiger partial charge in [-0.3, -0.25) is 19.8 Å². The number of aliphatic imine (C=N–C) groups is 1. The van der Waals surface area contributed by atoms with Crippen LogP contribution < -0.4 is 11.1 Å². The minimum Gasteiger partial charge on any atom is -0.370 e. The first kappa shape index (κ1) is 14.7. The molecule has 0 radical (unpaired) electrons. The lowest BCUT2D eigenvalue weighted by Gasteiger charge is -2.02. The zero-order valence-corrected chi connectivity index (χ0v) is 12.0. The molecule has 1 aliphatic rings.